The van der Waals surface area contributed by atoms with Gasteiger partial charge in [0.1, 0.15) is 5.75 Å². The van der Waals surface area contributed by atoms with Crippen molar-refractivity contribution in [1.82, 2.24) is 15.2 Å². The number of pyridine rings is 1. The third-order valence-corrected chi connectivity index (χ3v) is 2.31. The summed E-state index contributed by atoms with van der Waals surface area (Å²) in [5.41, 5.74) is 0.920. The highest BCUT2D eigenvalue weighted by Gasteiger charge is 2.03. The number of hydrogen-bond donors (Lipinski definition) is 1. The minimum Gasteiger partial charge on any atom is -0.453 e. The summed E-state index contributed by atoms with van der Waals surface area (Å²) >= 11 is 0. The molecule has 0 aliphatic heterocycles. The van der Waals surface area contributed by atoms with Gasteiger partial charge in [-0.3, -0.25) is 10.1 Å². The monoisotopic (exact) mass is 211 g/mol. The lowest BCUT2D eigenvalue weighted by Crippen LogP contribution is -1.85. The van der Waals surface area contributed by atoms with Gasteiger partial charge in [-0.1, -0.05) is 12.1 Å². The molecule has 3 aromatic rings. The number of rotatable bonds is 2. The first kappa shape index (κ1) is 8.91. The predicted octanol–water partition coefficient (Wildman–Crippen LogP) is 2.75. The van der Waals surface area contributed by atoms with E-state index in [1.54, 1.807) is 18.6 Å². The van der Waals surface area contributed by atoms with Crippen LogP contribution in [-0.2, 0) is 0 Å². The Bertz CT molecular complexity index is 599. The molecule has 0 aliphatic carbocycles. The number of nitrogens with one attached hydrogen (secondary N) is 1. The van der Waals surface area contributed by atoms with Gasteiger partial charge in [0, 0.05) is 11.6 Å². The summed E-state index contributed by atoms with van der Waals surface area (Å²) in [5.74, 6) is 1.48. The highest BCUT2D eigenvalue weighted by molar-refractivity contribution is 5.84. The second-order valence-electron chi connectivity index (χ2n) is 3.36. The van der Waals surface area contributed by atoms with E-state index in [1.807, 2.05) is 30.3 Å². The van der Waals surface area contributed by atoms with E-state index < -0.39 is 0 Å². The van der Waals surface area contributed by atoms with Crippen LogP contribution in [0.5, 0.6) is 11.5 Å². The van der Waals surface area contributed by atoms with Crippen LogP contribution >= 0.6 is 0 Å². The second-order valence-corrected chi connectivity index (χ2v) is 3.36. The normalized spacial score (nSPS) is 10.5. The molecule has 0 saturated heterocycles. The number of ether oxygens (including phenoxy) is 1. The Kier molecular flexibility index (Phi) is 2.04. The summed E-state index contributed by atoms with van der Waals surface area (Å²) in [4.78, 5) is 4.27. The zero-order valence-electron chi connectivity index (χ0n) is 8.42. The average Bonchev–Trinajstić information content (AvgIpc) is 2.82. The van der Waals surface area contributed by atoms with Crippen LogP contribution < -0.4 is 4.74 Å². The fourth-order valence-corrected chi connectivity index (χ4v) is 1.58. The first-order valence-electron chi connectivity index (χ1n) is 4.94. The largest absolute Gasteiger partial charge is 0.453 e. The molecule has 0 aliphatic rings. The molecule has 3 rings (SSSR count). The molecule has 0 spiro atoms. The Labute approximate surface area is 91.9 Å². The van der Waals surface area contributed by atoms with Crippen molar-refractivity contribution in [3.05, 3.63) is 48.9 Å². The van der Waals surface area contributed by atoms with Crippen molar-refractivity contribution in [3.8, 4) is 11.5 Å². The molecule has 2 heterocycles. The summed E-state index contributed by atoms with van der Waals surface area (Å²) in [6.07, 6.45) is 5.07. The summed E-state index contributed by atoms with van der Waals surface area (Å²) in [7, 11) is 0. The van der Waals surface area contributed by atoms with Gasteiger partial charge in [0.05, 0.1) is 17.9 Å². The zero-order valence-corrected chi connectivity index (χ0v) is 8.42. The van der Waals surface area contributed by atoms with Crippen LogP contribution in [-0.4, -0.2) is 15.2 Å². The lowest BCUT2D eigenvalue weighted by molar-refractivity contribution is 0.488. The van der Waals surface area contributed by atoms with Crippen molar-refractivity contribution < 1.29 is 4.74 Å². The highest BCUT2D eigenvalue weighted by atomic mass is 16.5. The number of hydrogen-bond acceptors (Lipinski definition) is 3. The van der Waals surface area contributed by atoms with Gasteiger partial charge in [0.15, 0.2) is 5.75 Å². The number of nitrogens with zero attached hydrogens (tertiary/aromatic N) is 2. The molecule has 1 aromatic carbocycles. The van der Waals surface area contributed by atoms with E-state index in [0.29, 0.717) is 5.75 Å². The van der Waals surface area contributed by atoms with Crippen molar-refractivity contribution in [2.24, 2.45) is 0 Å². The van der Waals surface area contributed by atoms with Gasteiger partial charge in [-0.05, 0) is 18.2 Å². The van der Waals surface area contributed by atoms with Crippen LogP contribution in [0.4, 0.5) is 0 Å². The number of aromatic amines is 1. The Balaban J connectivity index is 2.10. The van der Waals surface area contributed by atoms with E-state index in [2.05, 4.69) is 15.2 Å². The lowest BCUT2D eigenvalue weighted by atomic mass is 10.2. The highest BCUT2D eigenvalue weighted by Crippen LogP contribution is 2.27. The van der Waals surface area contributed by atoms with E-state index >= 15 is 0 Å². The standard InChI is InChI=1S/C12H9N3O/c1-2-4-11-10(3-1)12(5-6-13-11)16-9-7-14-15-8-9/h1-8H,(H,14,15). The fraction of sp³-hybridized carbons (Fsp3) is 0. The zero-order chi connectivity index (χ0) is 10.8. The third kappa shape index (κ3) is 1.50. The quantitative estimate of drug-likeness (QED) is 0.709. The first-order chi connectivity index (χ1) is 7.93. The van der Waals surface area contributed by atoms with Crippen molar-refractivity contribution in [1.29, 1.82) is 0 Å². The number of aromatic nitrogens is 3. The fourth-order valence-electron chi connectivity index (χ4n) is 1.58. The average molecular weight is 211 g/mol. The smallest absolute Gasteiger partial charge is 0.165 e. The van der Waals surface area contributed by atoms with Gasteiger partial charge >= 0.3 is 0 Å². The molecule has 0 saturated carbocycles. The van der Waals surface area contributed by atoms with E-state index in [0.717, 1.165) is 16.7 Å². The molecule has 4 heteroatoms. The van der Waals surface area contributed by atoms with Crippen molar-refractivity contribution >= 4 is 10.9 Å². The molecule has 1 N–H and O–H groups in total. The third-order valence-electron chi connectivity index (χ3n) is 2.31. The van der Waals surface area contributed by atoms with Crippen molar-refractivity contribution in [3.63, 3.8) is 0 Å². The molecule has 16 heavy (non-hydrogen) atoms. The molecule has 2 aromatic heterocycles. The Morgan fingerprint density at radius 3 is 2.94 bits per heavy atom. The Morgan fingerprint density at radius 1 is 1.12 bits per heavy atom. The van der Waals surface area contributed by atoms with Crippen LogP contribution in [0.15, 0.2) is 48.9 Å². The number of benzene rings is 1. The Hall–Kier alpha value is -2.36. The summed E-state index contributed by atoms with van der Waals surface area (Å²) in [6, 6.07) is 9.70. The molecule has 0 fully saturated rings. The summed E-state index contributed by atoms with van der Waals surface area (Å²) in [6.45, 7) is 0. The molecule has 4 nitrogen and oxygen atoms in total. The van der Waals surface area contributed by atoms with Crippen LogP contribution in [0.3, 0.4) is 0 Å². The molecule has 0 unspecified atom stereocenters. The van der Waals surface area contributed by atoms with Gasteiger partial charge in [-0.2, -0.15) is 5.10 Å². The van der Waals surface area contributed by atoms with Crippen LogP contribution in [0.1, 0.15) is 0 Å². The van der Waals surface area contributed by atoms with E-state index in [1.165, 1.54) is 0 Å². The van der Waals surface area contributed by atoms with Gasteiger partial charge in [0.2, 0.25) is 0 Å². The van der Waals surface area contributed by atoms with Crippen molar-refractivity contribution in [2.45, 2.75) is 0 Å². The molecule has 78 valence electrons. The molecule has 0 atom stereocenters. The molecular weight excluding hydrogens is 202 g/mol. The van der Waals surface area contributed by atoms with E-state index in [-0.39, 0.29) is 0 Å². The molecule has 0 bridgehead atoms. The summed E-state index contributed by atoms with van der Waals surface area (Å²) in [5, 5.41) is 7.53. The lowest BCUT2D eigenvalue weighted by Gasteiger charge is -2.05. The maximum absolute atomic E-state index is 5.70. The van der Waals surface area contributed by atoms with Crippen LogP contribution in [0.25, 0.3) is 10.9 Å². The van der Waals surface area contributed by atoms with E-state index in [4.69, 9.17) is 4.74 Å². The van der Waals surface area contributed by atoms with Gasteiger partial charge < -0.3 is 4.74 Å². The van der Waals surface area contributed by atoms with Gasteiger partial charge in [-0.25, -0.2) is 0 Å². The Morgan fingerprint density at radius 2 is 2.06 bits per heavy atom. The molecule has 0 radical (unpaired) electrons. The van der Waals surface area contributed by atoms with Crippen LogP contribution in [0, 0.1) is 0 Å². The first-order valence-corrected chi connectivity index (χ1v) is 4.94. The number of fused-ring (bicyclic) bond motifs is 1. The topological polar surface area (TPSA) is 50.8 Å². The molecular formula is C12H9N3O. The van der Waals surface area contributed by atoms with Gasteiger partial charge in [0.25, 0.3) is 0 Å². The van der Waals surface area contributed by atoms with Crippen LogP contribution in [0.2, 0.25) is 0 Å². The predicted molar refractivity (Wildman–Crippen MR) is 60.4 cm³/mol. The maximum Gasteiger partial charge on any atom is 0.165 e. The summed E-state index contributed by atoms with van der Waals surface area (Å²) < 4.78 is 5.70. The number of para-hydroxylation sites is 1. The number of H-pyrrole nitrogens is 1. The minimum absolute atomic E-state index is 0.691. The SMILES string of the molecule is c1ccc2c(Oc3cn[nH]c3)ccnc2c1. The molecule has 0 amide bonds. The van der Waals surface area contributed by atoms with E-state index in [9.17, 15) is 0 Å². The van der Waals surface area contributed by atoms with Gasteiger partial charge in [-0.15, -0.1) is 0 Å². The second kappa shape index (κ2) is 3.66. The maximum atomic E-state index is 5.70. The minimum atomic E-state index is 0.691. The van der Waals surface area contributed by atoms with Crippen molar-refractivity contribution in [2.75, 3.05) is 0 Å².